The zero-order valence-corrected chi connectivity index (χ0v) is 19.1. The quantitative estimate of drug-likeness (QED) is 0.426. The van der Waals surface area contributed by atoms with Gasteiger partial charge >= 0.3 is 0 Å². The number of unbranched alkanes of at least 4 members (excludes halogenated alkanes) is 1. The van der Waals surface area contributed by atoms with Crippen molar-refractivity contribution in [3.63, 3.8) is 0 Å². The van der Waals surface area contributed by atoms with E-state index in [1.165, 1.54) is 90.4 Å². The molecule has 0 amide bonds. The third-order valence-corrected chi connectivity index (χ3v) is 7.23. The number of rotatable bonds is 11. The predicted octanol–water partition coefficient (Wildman–Crippen LogP) is 5.73. The molecule has 27 heavy (non-hydrogen) atoms. The molecule has 1 saturated carbocycles. The lowest BCUT2D eigenvalue weighted by atomic mass is 9.84. The molecule has 1 heterocycles. The van der Waals surface area contributed by atoms with Gasteiger partial charge in [0.15, 0.2) is 0 Å². The van der Waals surface area contributed by atoms with Crippen molar-refractivity contribution in [3.05, 3.63) is 0 Å². The summed E-state index contributed by atoms with van der Waals surface area (Å²) in [6.45, 7) is 16.7. The van der Waals surface area contributed by atoms with Crippen LogP contribution in [0.15, 0.2) is 0 Å². The van der Waals surface area contributed by atoms with Crippen molar-refractivity contribution in [1.82, 2.24) is 9.80 Å². The molecule has 0 radical (unpaired) electrons. The number of nitrogens with zero attached hydrogens (tertiary/aromatic N) is 2. The van der Waals surface area contributed by atoms with Crippen LogP contribution in [-0.4, -0.2) is 60.3 Å². The summed E-state index contributed by atoms with van der Waals surface area (Å²) in [6.07, 6.45) is 14.4. The molecule has 1 saturated heterocycles. The minimum atomic E-state index is 0.458. The van der Waals surface area contributed by atoms with Gasteiger partial charge in [0.2, 0.25) is 0 Å². The first kappa shape index (κ1) is 23.2. The summed E-state index contributed by atoms with van der Waals surface area (Å²) in [5, 5.41) is 0. The van der Waals surface area contributed by atoms with Crippen molar-refractivity contribution in [2.75, 3.05) is 26.2 Å². The van der Waals surface area contributed by atoms with Crippen molar-refractivity contribution in [3.8, 4) is 0 Å². The second-order valence-electron chi connectivity index (χ2n) is 9.51. The molecule has 2 fully saturated rings. The highest BCUT2D eigenvalue weighted by molar-refractivity contribution is 4.82. The lowest BCUT2D eigenvalue weighted by molar-refractivity contribution is -0.0321. The molecular formula is C24H48N2O. The molecule has 2 rings (SSSR count). The Morgan fingerprint density at radius 1 is 1.00 bits per heavy atom. The maximum absolute atomic E-state index is 6.22. The second kappa shape index (κ2) is 12.4. The molecule has 0 bridgehead atoms. The van der Waals surface area contributed by atoms with Gasteiger partial charge in [-0.2, -0.15) is 0 Å². The van der Waals surface area contributed by atoms with E-state index in [0.717, 1.165) is 18.0 Å². The monoisotopic (exact) mass is 380 g/mol. The summed E-state index contributed by atoms with van der Waals surface area (Å²) in [7, 11) is 0. The molecule has 0 aromatic heterocycles. The van der Waals surface area contributed by atoms with Gasteiger partial charge in [0.1, 0.15) is 0 Å². The Morgan fingerprint density at radius 3 is 2.37 bits per heavy atom. The van der Waals surface area contributed by atoms with Gasteiger partial charge < -0.3 is 4.74 Å². The highest BCUT2D eigenvalue weighted by Gasteiger charge is 2.26. The van der Waals surface area contributed by atoms with Gasteiger partial charge in [0.25, 0.3) is 0 Å². The molecule has 3 atom stereocenters. The van der Waals surface area contributed by atoms with Gasteiger partial charge in [-0.15, -0.1) is 0 Å². The van der Waals surface area contributed by atoms with E-state index in [4.69, 9.17) is 4.74 Å². The molecule has 160 valence electrons. The molecule has 1 aliphatic heterocycles. The first-order valence-corrected chi connectivity index (χ1v) is 12.2. The van der Waals surface area contributed by atoms with Crippen LogP contribution in [0.5, 0.6) is 0 Å². The van der Waals surface area contributed by atoms with Crippen LogP contribution in [0.1, 0.15) is 98.8 Å². The minimum Gasteiger partial charge on any atom is -0.375 e. The predicted molar refractivity (Wildman–Crippen MR) is 117 cm³/mol. The lowest BCUT2D eigenvalue weighted by Gasteiger charge is -2.42. The van der Waals surface area contributed by atoms with E-state index in [2.05, 4.69) is 44.4 Å². The van der Waals surface area contributed by atoms with E-state index in [1.807, 2.05) is 0 Å². The number of hydrogen-bond donors (Lipinski definition) is 0. The van der Waals surface area contributed by atoms with Gasteiger partial charge in [0.05, 0.1) is 12.2 Å². The Hall–Kier alpha value is -0.120. The van der Waals surface area contributed by atoms with Crippen molar-refractivity contribution in [2.24, 2.45) is 5.92 Å². The summed E-state index contributed by atoms with van der Waals surface area (Å²) in [5.74, 6) is 0.964. The van der Waals surface area contributed by atoms with Crippen LogP contribution < -0.4 is 0 Å². The van der Waals surface area contributed by atoms with Gasteiger partial charge in [-0.1, -0.05) is 33.1 Å². The number of ether oxygens (including phenoxy) is 1. The summed E-state index contributed by atoms with van der Waals surface area (Å²) in [6, 6.07) is 1.48. The van der Waals surface area contributed by atoms with E-state index < -0.39 is 0 Å². The molecule has 3 nitrogen and oxygen atoms in total. The van der Waals surface area contributed by atoms with Crippen LogP contribution in [0, 0.1) is 5.92 Å². The van der Waals surface area contributed by atoms with Crippen LogP contribution in [-0.2, 0) is 4.74 Å². The van der Waals surface area contributed by atoms with Gasteiger partial charge in [-0.25, -0.2) is 0 Å². The second-order valence-corrected chi connectivity index (χ2v) is 9.51. The molecule has 0 aromatic rings. The molecule has 1 aliphatic carbocycles. The summed E-state index contributed by atoms with van der Waals surface area (Å²) < 4.78 is 6.22. The van der Waals surface area contributed by atoms with E-state index in [-0.39, 0.29) is 0 Å². The van der Waals surface area contributed by atoms with Gasteiger partial charge in [-0.05, 0) is 78.2 Å². The zero-order valence-electron chi connectivity index (χ0n) is 19.1. The molecule has 0 N–H and O–H groups in total. The standard InChI is InChI=1S/C24H48N2O/c1-6-10-22(5)27-24-14-12-23(13-15-24)11-8-9-16-25-17-18-26(19-21(25)4)20(3)7-2/h20-24H,6-19H2,1-5H3/t20?,21-,22?,23?,24?/m0/s1. The molecule has 3 heteroatoms. The van der Waals surface area contributed by atoms with E-state index in [0.29, 0.717) is 12.2 Å². The molecule has 2 aliphatic rings. The van der Waals surface area contributed by atoms with Crippen molar-refractivity contribution in [2.45, 2.75) is 123 Å². The number of piperazine rings is 1. The highest BCUT2D eigenvalue weighted by atomic mass is 16.5. The fourth-order valence-corrected chi connectivity index (χ4v) is 5.12. The third kappa shape index (κ3) is 8.03. The van der Waals surface area contributed by atoms with Crippen LogP contribution in [0.3, 0.4) is 0 Å². The minimum absolute atomic E-state index is 0.458. The largest absolute Gasteiger partial charge is 0.375 e. The Bertz CT molecular complexity index is 381. The van der Waals surface area contributed by atoms with Crippen molar-refractivity contribution >= 4 is 0 Å². The van der Waals surface area contributed by atoms with Crippen LogP contribution in [0.2, 0.25) is 0 Å². The molecule has 0 spiro atoms. The summed E-state index contributed by atoms with van der Waals surface area (Å²) in [5.41, 5.74) is 0. The number of hydrogen-bond acceptors (Lipinski definition) is 3. The first-order chi connectivity index (χ1) is 13.0. The highest BCUT2D eigenvalue weighted by Crippen LogP contribution is 2.30. The van der Waals surface area contributed by atoms with Gasteiger partial charge in [-0.3, -0.25) is 9.80 Å². The van der Waals surface area contributed by atoms with E-state index >= 15 is 0 Å². The Kier molecular flexibility index (Phi) is 10.7. The average molecular weight is 381 g/mol. The van der Waals surface area contributed by atoms with Crippen molar-refractivity contribution in [1.29, 1.82) is 0 Å². The summed E-state index contributed by atoms with van der Waals surface area (Å²) >= 11 is 0. The summed E-state index contributed by atoms with van der Waals surface area (Å²) in [4.78, 5) is 5.42. The zero-order chi connectivity index (χ0) is 19.6. The lowest BCUT2D eigenvalue weighted by Crippen LogP contribution is -2.54. The molecular weight excluding hydrogens is 332 g/mol. The normalized spacial score (nSPS) is 30.3. The van der Waals surface area contributed by atoms with E-state index in [1.54, 1.807) is 0 Å². The molecule has 0 aromatic carbocycles. The maximum atomic E-state index is 6.22. The van der Waals surface area contributed by atoms with Crippen LogP contribution in [0.25, 0.3) is 0 Å². The van der Waals surface area contributed by atoms with Gasteiger partial charge in [0, 0.05) is 31.7 Å². The van der Waals surface area contributed by atoms with Crippen LogP contribution >= 0.6 is 0 Å². The SMILES string of the molecule is CCCC(C)OC1CCC(CCCCN2CCN(C(C)CC)C[C@@H]2C)CC1. The molecule has 2 unspecified atom stereocenters. The fraction of sp³-hybridized carbons (Fsp3) is 1.00. The first-order valence-electron chi connectivity index (χ1n) is 12.2. The third-order valence-electron chi connectivity index (χ3n) is 7.23. The van der Waals surface area contributed by atoms with E-state index in [9.17, 15) is 0 Å². The average Bonchev–Trinajstić information content (AvgIpc) is 2.67. The fourth-order valence-electron chi connectivity index (χ4n) is 5.12. The van der Waals surface area contributed by atoms with Crippen molar-refractivity contribution < 1.29 is 4.74 Å². The van der Waals surface area contributed by atoms with Crippen LogP contribution in [0.4, 0.5) is 0 Å². The smallest absolute Gasteiger partial charge is 0.0579 e. The Morgan fingerprint density at radius 2 is 1.74 bits per heavy atom. The topological polar surface area (TPSA) is 15.7 Å². The maximum Gasteiger partial charge on any atom is 0.0579 e. The Balaban J connectivity index is 1.54. The Labute approximate surface area is 170 Å².